The van der Waals surface area contributed by atoms with Crippen LogP contribution in [0.1, 0.15) is 0 Å². The Hall–Kier alpha value is -2.21. The van der Waals surface area contributed by atoms with Crippen molar-refractivity contribution in [1.29, 1.82) is 0 Å². The van der Waals surface area contributed by atoms with Gasteiger partial charge in [0, 0.05) is 27.2 Å². The van der Waals surface area contributed by atoms with Crippen molar-refractivity contribution in [2.24, 2.45) is 0 Å². The standard InChI is InChI=1S/C14H9ClN4O2.C10H6Cl2N2.K/c15-10-3-1-2-9(6-10)11-7-12(17-8-16-11)19-5-4-13(20)18-14(19)21;11-8-3-1-2-7(4-8)9-5-10(12)14-6-13-9;/h1-8H,(H,18,20,21);1-6H;/q;;+1/p-1. The maximum absolute atomic E-state index is 11.7. The molecule has 0 spiro atoms. The summed E-state index contributed by atoms with van der Waals surface area (Å²) in [7, 11) is 0. The van der Waals surface area contributed by atoms with E-state index in [1.54, 1.807) is 30.3 Å². The van der Waals surface area contributed by atoms with Gasteiger partial charge in [0.25, 0.3) is 0 Å². The van der Waals surface area contributed by atoms with Crippen LogP contribution >= 0.6 is 34.8 Å². The van der Waals surface area contributed by atoms with Gasteiger partial charge in [0.1, 0.15) is 17.8 Å². The van der Waals surface area contributed by atoms with Crippen molar-refractivity contribution in [3.63, 3.8) is 0 Å². The van der Waals surface area contributed by atoms with Gasteiger partial charge in [-0.1, -0.05) is 65.3 Å². The monoisotopic (exact) mass is 562 g/mol. The third kappa shape index (κ3) is 7.64. The van der Waals surface area contributed by atoms with E-state index in [0.29, 0.717) is 26.7 Å². The summed E-state index contributed by atoms with van der Waals surface area (Å²) in [6.07, 6.45) is 4.10. The van der Waals surface area contributed by atoms with Gasteiger partial charge in [-0.3, -0.25) is 9.59 Å². The van der Waals surface area contributed by atoms with Crippen molar-refractivity contribution in [3.05, 3.63) is 122 Å². The first-order chi connectivity index (χ1) is 16.9. The molecule has 174 valence electrons. The number of nitrogens with zero attached hydrogens (tertiary/aromatic N) is 6. The molecular weight excluding hydrogens is 550 g/mol. The molecule has 5 aromatic rings. The molecule has 8 nitrogen and oxygen atoms in total. The summed E-state index contributed by atoms with van der Waals surface area (Å²) in [5.74, 6) is 0.331. The summed E-state index contributed by atoms with van der Waals surface area (Å²) in [6.45, 7) is 0. The van der Waals surface area contributed by atoms with Crippen LogP contribution < -0.4 is 67.6 Å². The van der Waals surface area contributed by atoms with E-state index < -0.39 is 11.2 Å². The van der Waals surface area contributed by atoms with Crippen LogP contribution in [0, 0.1) is 0 Å². The molecule has 5 rings (SSSR count). The molecule has 3 aromatic heterocycles. The maximum Gasteiger partial charge on any atom is 1.00 e. The minimum absolute atomic E-state index is 0. The molecular formula is C24H14Cl3KN6O2. The van der Waals surface area contributed by atoms with Gasteiger partial charge < -0.3 is 9.55 Å². The average Bonchev–Trinajstić information content (AvgIpc) is 2.85. The molecule has 0 N–H and O–H groups in total. The molecule has 0 aliphatic carbocycles. The molecule has 0 saturated carbocycles. The van der Waals surface area contributed by atoms with Gasteiger partial charge in [-0.05, 0) is 36.4 Å². The third-order valence-electron chi connectivity index (χ3n) is 4.55. The number of halogens is 3. The molecule has 0 unspecified atom stereocenters. The SMILES string of the molecule is Clc1cccc(-c2cc(Cl)ncn2)c1.O=c1ccn(-c2cc(-c3cccc(Cl)c3)ncn2)c(=O)[n-]1.[K+]. The molecule has 0 aliphatic rings. The van der Waals surface area contributed by atoms with Crippen molar-refractivity contribution in [2.45, 2.75) is 0 Å². The second-order valence-electron chi connectivity index (χ2n) is 6.93. The van der Waals surface area contributed by atoms with Gasteiger partial charge in [-0.25, -0.2) is 19.9 Å². The molecule has 0 amide bonds. The largest absolute Gasteiger partial charge is 1.00 e. The molecule has 0 radical (unpaired) electrons. The zero-order chi connectivity index (χ0) is 24.8. The Kier molecular flexibility index (Phi) is 10.5. The fraction of sp³-hybridized carbons (Fsp3) is 0. The summed E-state index contributed by atoms with van der Waals surface area (Å²) in [6, 6.07) is 19.1. The molecule has 0 atom stereocenters. The fourth-order valence-corrected chi connectivity index (χ4v) is 3.51. The minimum Gasteiger partial charge on any atom is -0.375 e. The van der Waals surface area contributed by atoms with Gasteiger partial charge in [0.2, 0.25) is 0 Å². The summed E-state index contributed by atoms with van der Waals surface area (Å²) in [4.78, 5) is 42.2. The Morgan fingerprint density at radius 2 is 1.28 bits per heavy atom. The number of aromatic nitrogens is 6. The van der Waals surface area contributed by atoms with Crippen LogP contribution in [0.3, 0.4) is 0 Å². The van der Waals surface area contributed by atoms with E-state index in [4.69, 9.17) is 34.8 Å². The smallest absolute Gasteiger partial charge is 0.375 e. The Labute approximate surface area is 262 Å². The Bertz CT molecular complexity index is 1570. The second kappa shape index (κ2) is 13.4. The van der Waals surface area contributed by atoms with Gasteiger partial charge in [-0.2, -0.15) is 0 Å². The predicted molar refractivity (Wildman–Crippen MR) is 135 cm³/mol. The molecule has 0 fully saturated rings. The first-order valence-electron chi connectivity index (χ1n) is 9.97. The van der Waals surface area contributed by atoms with Crippen molar-refractivity contribution >= 4 is 34.8 Å². The summed E-state index contributed by atoms with van der Waals surface area (Å²) < 4.78 is 1.18. The van der Waals surface area contributed by atoms with E-state index >= 15 is 0 Å². The van der Waals surface area contributed by atoms with Crippen molar-refractivity contribution in [3.8, 4) is 28.3 Å². The average molecular weight is 564 g/mol. The van der Waals surface area contributed by atoms with Crippen LogP contribution in [0.25, 0.3) is 28.3 Å². The van der Waals surface area contributed by atoms with Crippen LogP contribution in [0.15, 0.2) is 95.2 Å². The Balaban J connectivity index is 0.000000210. The van der Waals surface area contributed by atoms with Crippen LogP contribution in [0.4, 0.5) is 0 Å². The van der Waals surface area contributed by atoms with Crippen LogP contribution in [-0.4, -0.2) is 24.5 Å². The van der Waals surface area contributed by atoms with Crippen LogP contribution in [0.5, 0.6) is 0 Å². The molecule has 2 aromatic carbocycles. The molecule has 12 heteroatoms. The number of hydrogen-bond donors (Lipinski definition) is 0. The van der Waals surface area contributed by atoms with Gasteiger partial charge in [0.05, 0.1) is 17.2 Å². The first kappa shape index (κ1) is 28.4. The topological polar surface area (TPSA) is 105 Å². The summed E-state index contributed by atoms with van der Waals surface area (Å²) in [5.41, 5.74) is 1.85. The first-order valence-corrected chi connectivity index (χ1v) is 11.1. The van der Waals surface area contributed by atoms with Crippen molar-refractivity contribution < 1.29 is 51.4 Å². The van der Waals surface area contributed by atoms with Crippen LogP contribution in [-0.2, 0) is 0 Å². The quantitative estimate of drug-likeness (QED) is 0.243. The van der Waals surface area contributed by atoms with Gasteiger partial charge >= 0.3 is 51.4 Å². The maximum atomic E-state index is 11.7. The van der Waals surface area contributed by atoms with E-state index in [9.17, 15) is 9.59 Å². The third-order valence-corrected chi connectivity index (χ3v) is 5.23. The van der Waals surface area contributed by atoms with E-state index in [0.717, 1.165) is 16.8 Å². The second-order valence-corrected chi connectivity index (χ2v) is 8.19. The van der Waals surface area contributed by atoms with E-state index in [2.05, 4.69) is 24.9 Å². The van der Waals surface area contributed by atoms with E-state index in [1.165, 1.54) is 29.5 Å². The predicted octanol–water partition coefficient (Wildman–Crippen LogP) is 1.72. The minimum atomic E-state index is -0.682. The molecule has 3 heterocycles. The van der Waals surface area contributed by atoms with E-state index in [-0.39, 0.29) is 51.4 Å². The normalized spacial score (nSPS) is 10.1. The summed E-state index contributed by atoms with van der Waals surface area (Å²) >= 11 is 17.6. The number of hydrogen-bond acceptors (Lipinski definition) is 6. The molecule has 36 heavy (non-hydrogen) atoms. The number of benzene rings is 2. The van der Waals surface area contributed by atoms with Crippen LogP contribution in [0.2, 0.25) is 15.2 Å². The zero-order valence-electron chi connectivity index (χ0n) is 18.7. The molecule has 0 bridgehead atoms. The Morgan fingerprint density at radius 3 is 1.83 bits per heavy atom. The van der Waals surface area contributed by atoms with Gasteiger partial charge in [0.15, 0.2) is 11.2 Å². The molecule has 0 saturated heterocycles. The van der Waals surface area contributed by atoms with Gasteiger partial charge in [-0.15, -0.1) is 0 Å². The molecule has 0 aliphatic heterocycles. The fourth-order valence-electron chi connectivity index (χ4n) is 2.99. The Morgan fingerprint density at radius 1 is 0.694 bits per heavy atom. The van der Waals surface area contributed by atoms with E-state index in [1.807, 2.05) is 30.3 Å². The summed E-state index contributed by atoms with van der Waals surface area (Å²) in [5, 5.41) is 1.69. The number of rotatable bonds is 3. The van der Waals surface area contributed by atoms with Crippen molar-refractivity contribution in [2.75, 3.05) is 0 Å². The zero-order valence-corrected chi connectivity index (χ0v) is 24.1. The van der Waals surface area contributed by atoms with Crippen molar-refractivity contribution in [1.82, 2.24) is 29.5 Å².